The monoisotopic (exact) mass is 305 g/mol. The lowest BCUT2D eigenvalue weighted by Gasteiger charge is -2.11. The average molecular weight is 305 g/mol. The van der Waals surface area contributed by atoms with Gasteiger partial charge in [0.1, 0.15) is 0 Å². The van der Waals surface area contributed by atoms with Gasteiger partial charge < -0.3 is 11.1 Å². The second kappa shape index (κ2) is 6.88. The van der Waals surface area contributed by atoms with Crippen molar-refractivity contribution >= 4 is 32.2 Å². The van der Waals surface area contributed by atoms with E-state index in [1.807, 2.05) is 6.92 Å². The van der Waals surface area contributed by atoms with Crippen LogP contribution in [0, 0.1) is 0 Å². The van der Waals surface area contributed by atoms with E-state index in [0.29, 0.717) is 29.4 Å². The summed E-state index contributed by atoms with van der Waals surface area (Å²) in [6.45, 7) is 2.33. The molecular weight excluding hydrogens is 286 g/mol. The maximum absolute atomic E-state index is 11.7. The topological polar surface area (TPSA) is 101 Å². The average Bonchev–Trinajstić information content (AvgIpc) is 2.40. The normalized spacial score (nSPS) is 13.2. The molecule has 8 heteroatoms. The lowest BCUT2D eigenvalue weighted by molar-refractivity contribution is 0.588. The van der Waals surface area contributed by atoms with Gasteiger partial charge in [-0.15, -0.1) is 0 Å². The number of benzene rings is 1. The molecule has 0 aliphatic rings. The van der Waals surface area contributed by atoms with Gasteiger partial charge in [-0.05, 0) is 25.2 Å². The molecule has 4 N–H and O–H groups in total. The zero-order chi connectivity index (χ0) is 14.5. The molecule has 0 amide bonds. The molecule has 0 heterocycles. The van der Waals surface area contributed by atoms with Gasteiger partial charge in [0, 0.05) is 28.9 Å². The fraction of sp³-hybridized carbons (Fsp3) is 0.455. The summed E-state index contributed by atoms with van der Waals surface area (Å²) >= 11 is 0. The number of hydrogen-bond donors (Lipinski definition) is 3. The third kappa shape index (κ3) is 4.48. The van der Waals surface area contributed by atoms with Gasteiger partial charge in [-0.25, -0.2) is 13.1 Å². The van der Waals surface area contributed by atoms with Crippen LogP contribution in [0.15, 0.2) is 23.1 Å². The molecule has 1 aromatic rings. The minimum atomic E-state index is -3.49. The molecular formula is C11H19N3O3S2. The lowest BCUT2D eigenvalue weighted by Crippen LogP contribution is -2.19. The summed E-state index contributed by atoms with van der Waals surface area (Å²) in [5.74, 6) is 1.10. The summed E-state index contributed by atoms with van der Waals surface area (Å²) in [6.07, 6.45) is 0. The molecule has 1 rings (SSSR count). The first-order valence-corrected chi connectivity index (χ1v) is 8.79. The van der Waals surface area contributed by atoms with Crippen molar-refractivity contribution < 1.29 is 12.6 Å². The predicted octanol–water partition coefficient (Wildman–Crippen LogP) is 0.357. The molecule has 108 valence electrons. The van der Waals surface area contributed by atoms with Gasteiger partial charge in [0.05, 0.1) is 16.3 Å². The van der Waals surface area contributed by atoms with Crippen molar-refractivity contribution in [1.82, 2.24) is 4.72 Å². The van der Waals surface area contributed by atoms with Crippen molar-refractivity contribution in [1.29, 1.82) is 0 Å². The lowest BCUT2D eigenvalue weighted by atomic mass is 10.2. The zero-order valence-electron chi connectivity index (χ0n) is 11.0. The van der Waals surface area contributed by atoms with Gasteiger partial charge >= 0.3 is 0 Å². The molecule has 0 saturated carbocycles. The number of nitrogens with one attached hydrogen (secondary N) is 2. The third-order valence-electron chi connectivity index (χ3n) is 2.57. The Labute approximate surface area is 116 Å². The van der Waals surface area contributed by atoms with E-state index in [-0.39, 0.29) is 4.90 Å². The van der Waals surface area contributed by atoms with Crippen molar-refractivity contribution in [3.05, 3.63) is 18.2 Å². The second-order valence-electron chi connectivity index (χ2n) is 3.82. The van der Waals surface area contributed by atoms with Crippen molar-refractivity contribution in [3.63, 3.8) is 0 Å². The first-order valence-electron chi connectivity index (χ1n) is 5.82. The maximum Gasteiger partial charge on any atom is 0.240 e. The summed E-state index contributed by atoms with van der Waals surface area (Å²) in [6, 6.07) is 4.44. The van der Waals surface area contributed by atoms with Gasteiger partial charge in [-0.3, -0.25) is 4.21 Å². The second-order valence-corrected chi connectivity index (χ2v) is 7.57. The molecule has 1 atom stereocenters. The number of rotatable bonds is 7. The van der Waals surface area contributed by atoms with E-state index >= 15 is 0 Å². The van der Waals surface area contributed by atoms with Crippen LogP contribution < -0.4 is 15.8 Å². The Balaban J connectivity index is 2.84. The fourth-order valence-electron chi connectivity index (χ4n) is 1.42. The first kappa shape index (κ1) is 15.9. The Morgan fingerprint density at radius 3 is 2.63 bits per heavy atom. The van der Waals surface area contributed by atoms with E-state index in [9.17, 15) is 12.6 Å². The minimum Gasteiger partial charge on any atom is -0.397 e. The number of sulfonamides is 1. The molecule has 0 spiro atoms. The molecule has 19 heavy (non-hydrogen) atoms. The van der Waals surface area contributed by atoms with Crippen LogP contribution in [0.5, 0.6) is 0 Å². The first-order chi connectivity index (χ1) is 8.90. The molecule has 0 fully saturated rings. The third-order valence-corrected chi connectivity index (χ3v) is 5.29. The highest BCUT2D eigenvalue weighted by Gasteiger charge is 2.13. The van der Waals surface area contributed by atoms with Crippen LogP contribution in [0.3, 0.4) is 0 Å². The summed E-state index contributed by atoms with van der Waals surface area (Å²) in [4.78, 5) is 0.142. The van der Waals surface area contributed by atoms with Crippen molar-refractivity contribution in [2.75, 3.05) is 36.1 Å². The van der Waals surface area contributed by atoms with Gasteiger partial charge in [0.15, 0.2) is 0 Å². The van der Waals surface area contributed by atoms with E-state index in [2.05, 4.69) is 10.0 Å². The molecule has 0 saturated heterocycles. The van der Waals surface area contributed by atoms with Crippen LogP contribution in [0.1, 0.15) is 6.92 Å². The van der Waals surface area contributed by atoms with Crippen LogP contribution in [0.25, 0.3) is 0 Å². The molecule has 0 aliphatic carbocycles. The largest absolute Gasteiger partial charge is 0.397 e. The maximum atomic E-state index is 11.7. The summed E-state index contributed by atoms with van der Waals surface area (Å²) in [5, 5.41) is 3.00. The Morgan fingerprint density at radius 2 is 2.05 bits per heavy atom. The van der Waals surface area contributed by atoms with Crippen molar-refractivity contribution in [2.24, 2.45) is 0 Å². The SMILES string of the molecule is CCS(=O)CCNc1cc(S(=O)(=O)NC)ccc1N. The highest BCUT2D eigenvalue weighted by atomic mass is 32.2. The quantitative estimate of drug-likeness (QED) is 0.631. The fourth-order valence-corrected chi connectivity index (χ4v) is 2.79. The van der Waals surface area contributed by atoms with E-state index in [0.717, 1.165) is 0 Å². The van der Waals surface area contributed by atoms with E-state index in [1.54, 1.807) is 0 Å². The number of hydrogen-bond acceptors (Lipinski definition) is 5. The molecule has 1 aromatic carbocycles. The Bertz CT molecular complexity index is 558. The molecule has 0 bridgehead atoms. The summed E-state index contributed by atoms with van der Waals surface area (Å²) in [5.41, 5.74) is 6.76. The summed E-state index contributed by atoms with van der Waals surface area (Å²) in [7, 11) is -3.00. The highest BCUT2D eigenvalue weighted by molar-refractivity contribution is 7.89. The van der Waals surface area contributed by atoms with Crippen LogP contribution >= 0.6 is 0 Å². The number of nitrogens with two attached hydrogens (primary N) is 1. The van der Waals surface area contributed by atoms with Crippen molar-refractivity contribution in [3.8, 4) is 0 Å². The molecule has 0 radical (unpaired) electrons. The molecule has 1 unspecified atom stereocenters. The number of nitrogen functional groups attached to an aromatic ring is 1. The molecule has 0 aromatic heterocycles. The van der Waals surface area contributed by atoms with Crippen molar-refractivity contribution in [2.45, 2.75) is 11.8 Å². The van der Waals surface area contributed by atoms with Gasteiger partial charge in [0.25, 0.3) is 0 Å². The molecule has 0 aliphatic heterocycles. The highest BCUT2D eigenvalue weighted by Crippen LogP contribution is 2.22. The van der Waals surface area contributed by atoms with Crippen LogP contribution in [0.2, 0.25) is 0 Å². The zero-order valence-corrected chi connectivity index (χ0v) is 12.6. The Morgan fingerprint density at radius 1 is 1.37 bits per heavy atom. The van der Waals surface area contributed by atoms with Gasteiger partial charge in [0.2, 0.25) is 10.0 Å². The van der Waals surface area contributed by atoms with E-state index in [4.69, 9.17) is 5.73 Å². The Kier molecular flexibility index (Phi) is 5.77. The van der Waals surface area contributed by atoms with E-state index in [1.165, 1.54) is 25.2 Å². The molecule has 6 nitrogen and oxygen atoms in total. The van der Waals surface area contributed by atoms with Crippen LogP contribution in [-0.2, 0) is 20.8 Å². The Hall–Kier alpha value is -1.12. The van der Waals surface area contributed by atoms with Crippen LogP contribution in [0.4, 0.5) is 11.4 Å². The van der Waals surface area contributed by atoms with Gasteiger partial charge in [-0.1, -0.05) is 6.92 Å². The summed E-state index contributed by atoms with van der Waals surface area (Å²) < 4.78 is 36.9. The number of anilines is 2. The van der Waals surface area contributed by atoms with Crippen LogP contribution in [-0.4, -0.2) is 37.7 Å². The van der Waals surface area contributed by atoms with Gasteiger partial charge in [-0.2, -0.15) is 0 Å². The standard InChI is InChI=1S/C11H19N3O3S2/c1-3-18(15)7-6-14-11-8-9(4-5-10(11)12)19(16,17)13-2/h4-5,8,13-14H,3,6-7,12H2,1-2H3. The minimum absolute atomic E-state index is 0.142. The predicted molar refractivity (Wildman–Crippen MR) is 79.1 cm³/mol. The van der Waals surface area contributed by atoms with E-state index < -0.39 is 20.8 Å². The smallest absolute Gasteiger partial charge is 0.240 e.